The summed E-state index contributed by atoms with van der Waals surface area (Å²) in [6.07, 6.45) is 3.55. The number of nitrogens with one attached hydrogen (secondary N) is 1. The van der Waals surface area contributed by atoms with Gasteiger partial charge in [-0.05, 0) is 41.8 Å². The van der Waals surface area contributed by atoms with Crippen LogP contribution in [0.4, 0.5) is 16.2 Å². The molecule has 4 aromatic rings. The first-order chi connectivity index (χ1) is 18.8. The zero-order valence-electron chi connectivity index (χ0n) is 21.4. The van der Waals surface area contributed by atoms with Crippen LogP contribution in [0.3, 0.4) is 0 Å². The minimum absolute atomic E-state index is 0.206. The van der Waals surface area contributed by atoms with Crippen molar-refractivity contribution in [2.24, 2.45) is 0 Å². The Bertz CT molecular complexity index is 1630. The molecule has 1 fully saturated rings. The molecule has 204 valence electrons. The smallest absolute Gasteiger partial charge is 0.231 e. The molecule has 6 rings (SSSR count). The molecule has 0 spiro atoms. The van der Waals surface area contributed by atoms with Gasteiger partial charge in [0.25, 0.3) is 0 Å². The SMILES string of the molecule is CS(=O)(=O)N1CCCN(c2nc(NCc3ccc4c(c3)OCO4)c3ncn(Cc4cccc(F)c4)c3n2)CC1. The van der Waals surface area contributed by atoms with Gasteiger partial charge in [0.1, 0.15) is 5.82 Å². The molecule has 2 aliphatic heterocycles. The summed E-state index contributed by atoms with van der Waals surface area (Å²) in [7, 11) is -3.29. The molecule has 13 heteroatoms. The third-order valence-electron chi connectivity index (χ3n) is 6.80. The number of fused-ring (bicyclic) bond motifs is 2. The van der Waals surface area contributed by atoms with Crippen molar-refractivity contribution in [3.05, 3.63) is 65.7 Å². The van der Waals surface area contributed by atoms with Crippen LogP contribution in [0.15, 0.2) is 48.8 Å². The molecule has 0 atom stereocenters. The first-order valence-electron chi connectivity index (χ1n) is 12.6. The lowest BCUT2D eigenvalue weighted by Gasteiger charge is -2.22. The second-order valence-electron chi connectivity index (χ2n) is 9.59. The lowest BCUT2D eigenvalue weighted by Crippen LogP contribution is -2.35. The molecule has 4 heterocycles. The van der Waals surface area contributed by atoms with Crippen LogP contribution in [0.25, 0.3) is 11.2 Å². The van der Waals surface area contributed by atoms with Gasteiger partial charge in [-0.1, -0.05) is 18.2 Å². The largest absolute Gasteiger partial charge is 0.454 e. The van der Waals surface area contributed by atoms with E-state index in [1.54, 1.807) is 12.4 Å². The maximum Gasteiger partial charge on any atom is 0.231 e. The molecule has 2 aliphatic rings. The Hall–Kier alpha value is -3.97. The molecule has 0 radical (unpaired) electrons. The van der Waals surface area contributed by atoms with Crippen molar-refractivity contribution in [3.63, 3.8) is 0 Å². The molecule has 1 saturated heterocycles. The zero-order valence-corrected chi connectivity index (χ0v) is 22.2. The van der Waals surface area contributed by atoms with Crippen molar-refractivity contribution < 1.29 is 22.3 Å². The molecule has 0 amide bonds. The highest BCUT2D eigenvalue weighted by Gasteiger charge is 2.24. The molecule has 1 N–H and O–H groups in total. The van der Waals surface area contributed by atoms with Crippen LogP contribution in [0.1, 0.15) is 17.5 Å². The maximum atomic E-state index is 13.8. The van der Waals surface area contributed by atoms with Gasteiger partial charge in [0.05, 0.1) is 19.1 Å². The van der Waals surface area contributed by atoms with Gasteiger partial charge in [-0.15, -0.1) is 0 Å². The van der Waals surface area contributed by atoms with E-state index in [2.05, 4.69) is 10.3 Å². The fourth-order valence-corrected chi connectivity index (χ4v) is 5.68. The van der Waals surface area contributed by atoms with Gasteiger partial charge in [0.15, 0.2) is 28.5 Å². The highest BCUT2D eigenvalue weighted by atomic mass is 32.2. The lowest BCUT2D eigenvalue weighted by atomic mass is 10.2. The number of rotatable bonds is 7. The van der Waals surface area contributed by atoms with Gasteiger partial charge in [-0.3, -0.25) is 0 Å². The number of hydrogen-bond donors (Lipinski definition) is 1. The summed E-state index contributed by atoms with van der Waals surface area (Å²) in [5.74, 6) is 2.13. The van der Waals surface area contributed by atoms with E-state index in [4.69, 9.17) is 19.4 Å². The fourth-order valence-electron chi connectivity index (χ4n) is 4.81. The van der Waals surface area contributed by atoms with E-state index < -0.39 is 10.0 Å². The quantitative estimate of drug-likeness (QED) is 0.369. The minimum Gasteiger partial charge on any atom is -0.454 e. The van der Waals surface area contributed by atoms with E-state index in [1.165, 1.54) is 22.7 Å². The van der Waals surface area contributed by atoms with Gasteiger partial charge in [0, 0.05) is 32.7 Å². The molecule has 2 aromatic heterocycles. The summed E-state index contributed by atoms with van der Waals surface area (Å²) in [4.78, 5) is 16.2. The van der Waals surface area contributed by atoms with Crippen LogP contribution in [-0.4, -0.2) is 71.5 Å². The Kier molecular flexibility index (Phi) is 6.69. The van der Waals surface area contributed by atoms with Crippen LogP contribution >= 0.6 is 0 Å². The molecule has 11 nitrogen and oxygen atoms in total. The number of halogens is 1. The Morgan fingerprint density at radius 1 is 1.00 bits per heavy atom. The summed E-state index contributed by atoms with van der Waals surface area (Å²) in [6, 6.07) is 12.2. The number of nitrogens with zero attached hydrogens (tertiary/aromatic N) is 6. The molecule has 0 unspecified atom stereocenters. The van der Waals surface area contributed by atoms with Gasteiger partial charge >= 0.3 is 0 Å². The van der Waals surface area contributed by atoms with Crippen molar-refractivity contribution in [2.45, 2.75) is 19.5 Å². The first kappa shape index (κ1) is 25.3. The number of imidazole rings is 1. The molecule has 0 saturated carbocycles. The van der Waals surface area contributed by atoms with Crippen LogP contribution in [0, 0.1) is 5.82 Å². The van der Waals surface area contributed by atoms with Crippen LogP contribution in [0.2, 0.25) is 0 Å². The monoisotopic (exact) mass is 553 g/mol. The van der Waals surface area contributed by atoms with Gasteiger partial charge in [-0.25, -0.2) is 22.1 Å². The molecule has 0 aliphatic carbocycles. The third-order valence-corrected chi connectivity index (χ3v) is 8.10. The number of hydrogen-bond acceptors (Lipinski definition) is 9. The topological polar surface area (TPSA) is 115 Å². The summed E-state index contributed by atoms with van der Waals surface area (Å²) in [5.41, 5.74) is 2.94. The van der Waals surface area contributed by atoms with Crippen molar-refractivity contribution >= 4 is 33.0 Å². The van der Waals surface area contributed by atoms with Gasteiger partial charge in [0.2, 0.25) is 22.8 Å². The standard InChI is InChI=1S/C26H28FN7O4S/c1-39(35,36)34-9-3-8-32(10-11-34)26-30-24(28-14-18-6-7-21-22(13-18)38-17-37-21)23-25(31-26)33(16-29-23)15-19-4-2-5-20(27)12-19/h2,4-7,12-13,16H,3,8-11,14-15,17H2,1H3,(H,28,30,31). The summed E-state index contributed by atoms with van der Waals surface area (Å²) >= 11 is 0. The van der Waals surface area contributed by atoms with Crippen LogP contribution in [-0.2, 0) is 23.1 Å². The van der Waals surface area contributed by atoms with E-state index >= 15 is 0 Å². The van der Waals surface area contributed by atoms with E-state index in [1.807, 2.05) is 33.7 Å². The number of sulfonamides is 1. The van der Waals surface area contributed by atoms with Crippen molar-refractivity contribution in [2.75, 3.05) is 49.4 Å². The van der Waals surface area contributed by atoms with Crippen molar-refractivity contribution in [1.29, 1.82) is 0 Å². The average molecular weight is 554 g/mol. The molecule has 39 heavy (non-hydrogen) atoms. The number of benzene rings is 2. The Balaban J connectivity index is 1.33. The zero-order chi connectivity index (χ0) is 27.0. The second kappa shape index (κ2) is 10.3. The minimum atomic E-state index is -3.29. The highest BCUT2D eigenvalue weighted by molar-refractivity contribution is 7.88. The van der Waals surface area contributed by atoms with Crippen molar-refractivity contribution in [1.82, 2.24) is 23.8 Å². The summed E-state index contributed by atoms with van der Waals surface area (Å²) in [6.45, 7) is 2.91. The van der Waals surface area contributed by atoms with Crippen LogP contribution < -0.4 is 19.7 Å². The predicted octanol–water partition coefficient (Wildman–Crippen LogP) is 2.83. The van der Waals surface area contributed by atoms with E-state index in [9.17, 15) is 12.8 Å². The summed E-state index contributed by atoms with van der Waals surface area (Å²) in [5, 5.41) is 3.39. The fraction of sp³-hybridized carbons (Fsp3) is 0.346. The number of ether oxygens (including phenoxy) is 2. The molecule has 2 aromatic carbocycles. The van der Waals surface area contributed by atoms with Gasteiger partial charge in [-0.2, -0.15) is 9.97 Å². The van der Waals surface area contributed by atoms with E-state index in [0.29, 0.717) is 80.1 Å². The second-order valence-corrected chi connectivity index (χ2v) is 11.6. The average Bonchev–Trinajstić information content (AvgIpc) is 3.45. The maximum absolute atomic E-state index is 13.8. The Labute approximate surface area is 225 Å². The number of anilines is 2. The summed E-state index contributed by atoms with van der Waals surface area (Å²) < 4.78 is 52.3. The first-order valence-corrected chi connectivity index (χ1v) is 14.5. The third kappa shape index (κ3) is 5.45. The predicted molar refractivity (Wildman–Crippen MR) is 144 cm³/mol. The lowest BCUT2D eigenvalue weighted by molar-refractivity contribution is 0.174. The van der Waals surface area contributed by atoms with Crippen LogP contribution in [0.5, 0.6) is 11.5 Å². The normalized spacial score (nSPS) is 16.0. The Morgan fingerprint density at radius 3 is 2.72 bits per heavy atom. The van der Waals surface area contributed by atoms with Crippen molar-refractivity contribution in [3.8, 4) is 11.5 Å². The van der Waals surface area contributed by atoms with E-state index in [0.717, 1.165) is 11.1 Å². The Morgan fingerprint density at radius 2 is 1.87 bits per heavy atom. The van der Waals surface area contributed by atoms with Gasteiger partial charge < -0.3 is 24.3 Å². The highest BCUT2D eigenvalue weighted by Crippen LogP contribution is 2.33. The number of aromatic nitrogens is 4. The molecule has 0 bridgehead atoms. The van der Waals surface area contributed by atoms with E-state index in [-0.39, 0.29) is 12.6 Å². The molecular weight excluding hydrogens is 525 g/mol. The molecular formula is C26H28FN7O4S.